The van der Waals surface area contributed by atoms with Crippen LogP contribution in [0.4, 0.5) is 17.1 Å². The molecule has 0 aliphatic rings. The van der Waals surface area contributed by atoms with Gasteiger partial charge >= 0.3 is 0 Å². The summed E-state index contributed by atoms with van der Waals surface area (Å²) in [7, 11) is -2.02. The number of hydrogen-bond donors (Lipinski definition) is 3. The van der Waals surface area contributed by atoms with E-state index in [1.807, 2.05) is 6.92 Å². The minimum Gasteiger partial charge on any atom is -0.504 e. The van der Waals surface area contributed by atoms with E-state index in [0.717, 1.165) is 14.2 Å². The molecule has 3 rings (SSSR count). The van der Waals surface area contributed by atoms with Crippen LogP contribution in [0.25, 0.3) is 0 Å². The predicted molar refractivity (Wildman–Crippen MR) is 120 cm³/mol. The van der Waals surface area contributed by atoms with Gasteiger partial charge in [-0.1, -0.05) is 23.0 Å². The van der Waals surface area contributed by atoms with Gasteiger partial charge in [0.25, 0.3) is 20.9 Å². The van der Waals surface area contributed by atoms with Gasteiger partial charge in [-0.05, 0) is 30.7 Å². The smallest absolute Gasteiger partial charge is 0.269 e. The minimum atomic E-state index is -4.29. The number of nitrogens with one attached hydrogen (secondary N) is 2. The van der Waals surface area contributed by atoms with Crippen molar-refractivity contribution < 1.29 is 22.8 Å². The summed E-state index contributed by atoms with van der Waals surface area (Å²) in [5.74, 6) is -0.00644. The topological polar surface area (TPSA) is 138 Å². The van der Waals surface area contributed by atoms with Crippen molar-refractivity contribution in [1.82, 2.24) is 4.47 Å². The van der Waals surface area contributed by atoms with Gasteiger partial charge in [0, 0.05) is 19.5 Å². The molecule has 0 spiro atoms. The molecule has 0 bridgehead atoms. The van der Waals surface area contributed by atoms with Crippen molar-refractivity contribution in [3.8, 4) is 5.75 Å². The Labute approximate surface area is 189 Å². The Morgan fingerprint density at radius 3 is 2.50 bits per heavy atom. The van der Waals surface area contributed by atoms with Crippen molar-refractivity contribution in [3.63, 3.8) is 0 Å². The Morgan fingerprint density at radius 2 is 1.91 bits per heavy atom. The van der Waals surface area contributed by atoms with Crippen molar-refractivity contribution in [2.75, 3.05) is 24.8 Å². The zero-order valence-electron chi connectivity index (χ0n) is 17.5. The Hall–Kier alpha value is -2.86. The summed E-state index contributed by atoms with van der Waals surface area (Å²) in [5, 5.41) is 16.0. The molecule has 0 fully saturated rings. The molecule has 0 aliphatic carbocycles. The van der Waals surface area contributed by atoms with E-state index in [2.05, 4.69) is 10.6 Å². The van der Waals surface area contributed by atoms with Crippen molar-refractivity contribution in [1.29, 1.82) is 0 Å². The first-order valence-corrected chi connectivity index (χ1v) is 11.4. The molecular formula is C20H22ClN3O7S. The number of anilines is 3. The minimum absolute atomic E-state index is 0.0428. The lowest BCUT2D eigenvalue weighted by atomic mass is 10.1. The van der Waals surface area contributed by atoms with Gasteiger partial charge in [-0.15, -0.1) is 0 Å². The van der Waals surface area contributed by atoms with E-state index in [4.69, 9.17) is 20.9 Å². The number of halogens is 1. The first kappa shape index (κ1) is 23.8. The summed E-state index contributed by atoms with van der Waals surface area (Å²) in [6.45, 7) is 1.91. The van der Waals surface area contributed by atoms with E-state index >= 15 is 0 Å². The van der Waals surface area contributed by atoms with Crippen LogP contribution >= 0.6 is 11.6 Å². The molecule has 0 saturated heterocycles. The quantitative estimate of drug-likeness (QED) is 0.225. The molecule has 1 atom stereocenters. The fraction of sp³-hybridized carbons (Fsp3) is 0.300. The second-order valence-corrected chi connectivity index (χ2v) is 9.22. The Kier molecular flexibility index (Phi) is 6.94. The molecule has 12 heteroatoms. The molecule has 0 amide bonds. The van der Waals surface area contributed by atoms with Crippen LogP contribution in [-0.4, -0.2) is 38.2 Å². The highest BCUT2D eigenvalue weighted by Gasteiger charge is 2.31. The van der Waals surface area contributed by atoms with E-state index in [9.17, 15) is 23.1 Å². The first-order chi connectivity index (χ1) is 15.1. The van der Waals surface area contributed by atoms with Crippen molar-refractivity contribution in [2.45, 2.75) is 30.7 Å². The highest BCUT2D eigenvalue weighted by atomic mass is 35.5. The largest absolute Gasteiger partial charge is 0.504 e. The summed E-state index contributed by atoms with van der Waals surface area (Å²) < 4.78 is 31.1. The van der Waals surface area contributed by atoms with E-state index in [-0.39, 0.29) is 28.1 Å². The number of sulfonamides is 1. The summed E-state index contributed by atoms with van der Waals surface area (Å²) in [6.07, 6.45) is 2.67. The molecule has 32 heavy (non-hydrogen) atoms. The van der Waals surface area contributed by atoms with E-state index in [1.54, 1.807) is 18.4 Å². The van der Waals surface area contributed by atoms with Crippen molar-refractivity contribution >= 4 is 38.7 Å². The molecule has 3 aromatic rings. The van der Waals surface area contributed by atoms with Crippen LogP contribution < -0.4 is 21.5 Å². The lowest BCUT2D eigenvalue weighted by Crippen LogP contribution is -2.39. The second-order valence-electron chi connectivity index (χ2n) is 6.94. The van der Waals surface area contributed by atoms with E-state index in [0.29, 0.717) is 23.1 Å². The molecule has 0 radical (unpaired) electrons. The SMILES string of the molecule is CCC(Cc1ccco1)Nc1c(Nc2ccc(Cl)c(S(=O)(=O)N(C)OC)c2O)c(=O)c1=O. The molecule has 0 saturated carbocycles. The zero-order valence-corrected chi connectivity index (χ0v) is 19.1. The lowest BCUT2D eigenvalue weighted by Gasteiger charge is -2.22. The second kappa shape index (κ2) is 9.33. The maximum Gasteiger partial charge on any atom is 0.269 e. The zero-order chi connectivity index (χ0) is 23.6. The molecule has 2 aromatic carbocycles. The number of nitrogens with zero attached hydrogens (tertiary/aromatic N) is 1. The number of benzene rings is 1. The maximum absolute atomic E-state index is 12.6. The first-order valence-electron chi connectivity index (χ1n) is 9.55. The summed E-state index contributed by atoms with van der Waals surface area (Å²) in [6, 6.07) is 5.89. The molecule has 1 aromatic heterocycles. The average molecular weight is 484 g/mol. The van der Waals surface area contributed by atoms with Crippen LogP contribution in [0, 0.1) is 0 Å². The van der Waals surface area contributed by atoms with Crippen LogP contribution in [0.15, 0.2) is 49.4 Å². The molecular weight excluding hydrogens is 462 g/mol. The van der Waals surface area contributed by atoms with Crippen LogP contribution in [-0.2, 0) is 21.3 Å². The Balaban J connectivity index is 1.92. The molecule has 0 aliphatic heterocycles. The van der Waals surface area contributed by atoms with Gasteiger partial charge in [-0.2, -0.15) is 0 Å². The summed E-state index contributed by atoms with van der Waals surface area (Å²) >= 11 is 6.00. The third kappa shape index (κ3) is 4.37. The maximum atomic E-state index is 12.6. The highest BCUT2D eigenvalue weighted by Crippen LogP contribution is 2.39. The number of hydroxylamine groups is 1. The van der Waals surface area contributed by atoms with E-state index in [1.165, 1.54) is 12.1 Å². The van der Waals surface area contributed by atoms with Gasteiger partial charge in [0.2, 0.25) is 0 Å². The van der Waals surface area contributed by atoms with E-state index < -0.39 is 31.5 Å². The lowest BCUT2D eigenvalue weighted by molar-refractivity contribution is -0.0259. The third-order valence-corrected chi connectivity index (χ3v) is 7.16. The van der Waals surface area contributed by atoms with Crippen molar-refractivity contribution in [2.24, 2.45) is 0 Å². The van der Waals surface area contributed by atoms with Crippen molar-refractivity contribution in [3.05, 3.63) is 61.8 Å². The normalized spacial score (nSPS) is 12.9. The Bertz CT molecular complexity index is 1280. The van der Waals surface area contributed by atoms with Gasteiger partial charge in [-0.25, -0.2) is 8.42 Å². The predicted octanol–water partition coefficient (Wildman–Crippen LogP) is 2.59. The molecule has 172 valence electrons. The monoisotopic (exact) mass is 483 g/mol. The molecule has 1 heterocycles. The fourth-order valence-corrected chi connectivity index (χ4v) is 4.64. The van der Waals surface area contributed by atoms with Gasteiger partial charge in [-0.3, -0.25) is 14.4 Å². The van der Waals surface area contributed by atoms with Crippen LogP contribution in [0.5, 0.6) is 5.75 Å². The number of rotatable bonds is 10. The summed E-state index contributed by atoms with van der Waals surface area (Å²) in [4.78, 5) is 28.5. The van der Waals surface area contributed by atoms with Gasteiger partial charge in [0.05, 0.1) is 24.1 Å². The number of aromatic hydroxyl groups is 1. The number of phenols is 1. The van der Waals surface area contributed by atoms with Gasteiger partial charge < -0.3 is 20.2 Å². The fourth-order valence-electron chi connectivity index (χ4n) is 3.08. The van der Waals surface area contributed by atoms with Gasteiger partial charge in [0.1, 0.15) is 22.0 Å². The standard InChI is InChI=1S/C20H22ClN3O7S/c1-4-11(10-12-6-5-9-31-12)22-15-16(19(27)18(15)26)23-14-8-7-13(21)20(17(14)25)32(28,29)24(2)30-3/h5-9,11,22-23,25H,4,10H2,1-3H3. The van der Waals surface area contributed by atoms with Gasteiger partial charge in [0.15, 0.2) is 5.75 Å². The Morgan fingerprint density at radius 1 is 1.22 bits per heavy atom. The number of furan rings is 1. The average Bonchev–Trinajstić information content (AvgIpc) is 3.28. The highest BCUT2D eigenvalue weighted by molar-refractivity contribution is 7.89. The molecule has 3 N–H and O–H groups in total. The molecule has 10 nitrogen and oxygen atoms in total. The summed E-state index contributed by atoms with van der Waals surface area (Å²) in [5.41, 5.74) is -1.68. The van der Waals surface area contributed by atoms with Crippen LogP contribution in [0.2, 0.25) is 5.02 Å². The number of hydrogen-bond acceptors (Lipinski definition) is 9. The molecule has 1 unspecified atom stereocenters. The third-order valence-electron chi connectivity index (χ3n) is 4.98. The van der Waals surface area contributed by atoms with Crippen LogP contribution in [0.1, 0.15) is 19.1 Å². The van der Waals surface area contributed by atoms with Crippen LogP contribution in [0.3, 0.4) is 0 Å². The number of phenolic OH excluding ortho intramolecular Hbond substituents is 1.